The summed E-state index contributed by atoms with van der Waals surface area (Å²) in [5.74, 6) is -0.754. The van der Waals surface area contributed by atoms with E-state index >= 15 is 0 Å². The summed E-state index contributed by atoms with van der Waals surface area (Å²) >= 11 is 0. The third-order valence-corrected chi connectivity index (χ3v) is 2.04. The number of hydrogen-bond acceptors (Lipinski definition) is 6. The Kier molecular flexibility index (Phi) is 5.31. The van der Waals surface area contributed by atoms with Crippen molar-refractivity contribution in [3.63, 3.8) is 0 Å². The maximum absolute atomic E-state index is 11.5. The summed E-state index contributed by atoms with van der Waals surface area (Å²) in [4.78, 5) is 32.3. The van der Waals surface area contributed by atoms with Crippen molar-refractivity contribution in [1.29, 1.82) is 0 Å². The largest absolute Gasteiger partial charge is 0.465 e. The molecule has 0 aromatic carbocycles. The second kappa shape index (κ2) is 6.75. The highest BCUT2D eigenvalue weighted by Gasteiger charge is 2.27. The molecule has 0 spiro atoms. The molecule has 7 nitrogen and oxygen atoms in total. The average molecular weight is 256 g/mol. The van der Waals surface area contributed by atoms with Crippen molar-refractivity contribution in [3.8, 4) is 0 Å². The zero-order chi connectivity index (χ0) is 13.5. The number of ether oxygens (including phenoxy) is 1. The van der Waals surface area contributed by atoms with Gasteiger partial charge < -0.3 is 4.74 Å². The van der Waals surface area contributed by atoms with Gasteiger partial charge in [-0.15, -0.1) is 0 Å². The molecule has 1 aromatic rings. The number of rotatable bonds is 5. The van der Waals surface area contributed by atoms with Crippen LogP contribution in [0.25, 0.3) is 0 Å². The second-order valence-electron chi connectivity index (χ2n) is 3.81. The van der Waals surface area contributed by atoms with Crippen LogP contribution >= 0.6 is 0 Å². The van der Waals surface area contributed by atoms with Gasteiger partial charge in [-0.25, -0.2) is 9.59 Å². The van der Waals surface area contributed by atoms with Crippen LogP contribution in [0.4, 0.5) is 4.79 Å². The van der Waals surface area contributed by atoms with Gasteiger partial charge in [0.2, 0.25) is 6.10 Å². The third kappa shape index (κ3) is 3.85. The minimum atomic E-state index is -0.954. The Labute approximate surface area is 105 Å². The van der Waals surface area contributed by atoms with E-state index in [4.69, 9.17) is 9.62 Å². The SMILES string of the molecule is CCOC(=O)C(OOC(=O)n1cccn1)C(C)C. The number of aromatic nitrogens is 2. The number of hydrogen-bond donors (Lipinski definition) is 0. The normalized spacial score (nSPS) is 12.2. The highest BCUT2D eigenvalue weighted by Crippen LogP contribution is 2.09. The molecule has 1 unspecified atom stereocenters. The van der Waals surface area contributed by atoms with Gasteiger partial charge in [-0.1, -0.05) is 13.8 Å². The molecule has 0 radical (unpaired) electrons. The zero-order valence-electron chi connectivity index (χ0n) is 10.5. The summed E-state index contributed by atoms with van der Waals surface area (Å²) in [7, 11) is 0. The number of carbonyl (C=O) groups is 2. The molecule has 7 heteroatoms. The summed E-state index contributed by atoms with van der Waals surface area (Å²) in [5, 5.41) is 3.67. The van der Waals surface area contributed by atoms with Gasteiger partial charge in [0.25, 0.3) is 0 Å². The van der Waals surface area contributed by atoms with Crippen molar-refractivity contribution in [2.45, 2.75) is 26.9 Å². The summed E-state index contributed by atoms with van der Waals surface area (Å²) < 4.78 is 5.76. The molecule has 0 aliphatic carbocycles. The van der Waals surface area contributed by atoms with Gasteiger partial charge in [0, 0.05) is 12.4 Å². The van der Waals surface area contributed by atoms with E-state index in [9.17, 15) is 9.59 Å². The predicted molar refractivity (Wildman–Crippen MR) is 60.5 cm³/mol. The summed E-state index contributed by atoms with van der Waals surface area (Å²) in [6.45, 7) is 5.43. The second-order valence-corrected chi connectivity index (χ2v) is 3.81. The molecule has 0 bridgehead atoms. The molecule has 1 heterocycles. The quantitative estimate of drug-likeness (QED) is 0.450. The van der Waals surface area contributed by atoms with Crippen LogP contribution in [0.15, 0.2) is 18.5 Å². The van der Waals surface area contributed by atoms with Crippen molar-refractivity contribution in [2.24, 2.45) is 5.92 Å². The van der Waals surface area contributed by atoms with Crippen LogP contribution < -0.4 is 0 Å². The van der Waals surface area contributed by atoms with Gasteiger partial charge in [-0.3, -0.25) is 4.89 Å². The lowest BCUT2D eigenvalue weighted by molar-refractivity contribution is -0.281. The molecule has 0 amide bonds. The van der Waals surface area contributed by atoms with Gasteiger partial charge in [-0.05, 0) is 18.9 Å². The van der Waals surface area contributed by atoms with Gasteiger partial charge in [0.15, 0.2) is 0 Å². The highest BCUT2D eigenvalue weighted by molar-refractivity contribution is 5.75. The molecule has 0 aliphatic rings. The van der Waals surface area contributed by atoms with Gasteiger partial charge >= 0.3 is 12.1 Å². The molecule has 1 atom stereocenters. The third-order valence-electron chi connectivity index (χ3n) is 2.04. The standard InChI is InChI=1S/C11H16N2O5/c1-4-16-10(14)9(8(2)3)17-18-11(15)13-7-5-6-12-13/h5-9H,4H2,1-3H3. The fourth-order valence-corrected chi connectivity index (χ4v) is 1.15. The first-order valence-electron chi connectivity index (χ1n) is 5.60. The van der Waals surface area contributed by atoms with Crippen molar-refractivity contribution in [2.75, 3.05) is 6.61 Å². The zero-order valence-corrected chi connectivity index (χ0v) is 10.5. The minimum absolute atomic E-state index is 0.186. The van der Waals surface area contributed by atoms with Crippen molar-refractivity contribution >= 4 is 12.1 Å². The van der Waals surface area contributed by atoms with Crippen LogP contribution in [0.2, 0.25) is 0 Å². The number of carbonyl (C=O) groups excluding carboxylic acids is 2. The molecule has 1 aromatic heterocycles. The first kappa shape index (κ1) is 14.2. The predicted octanol–water partition coefficient (Wildman–Crippen LogP) is 1.39. The summed E-state index contributed by atoms with van der Waals surface area (Å²) in [6.07, 6.45) is 1.05. The fraction of sp³-hybridized carbons (Fsp3) is 0.545. The Bertz CT molecular complexity index is 388. The summed E-state index contributed by atoms with van der Waals surface area (Å²) in [5.41, 5.74) is 0. The van der Waals surface area contributed by atoms with Crippen LogP contribution in [0.5, 0.6) is 0 Å². The molecule has 0 fully saturated rings. The maximum Gasteiger partial charge on any atom is 0.465 e. The van der Waals surface area contributed by atoms with Crippen LogP contribution in [-0.4, -0.2) is 34.6 Å². The number of esters is 1. The molecule has 1 rings (SSSR count). The topological polar surface area (TPSA) is 79.7 Å². The molecule has 0 N–H and O–H groups in total. The lowest BCUT2D eigenvalue weighted by atomic mass is 10.1. The molecule has 0 aliphatic heterocycles. The molecular weight excluding hydrogens is 240 g/mol. The highest BCUT2D eigenvalue weighted by atomic mass is 17.2. The fourth-order valence-electron chi connectivity index (χ4n) is 1.15. The summed E-state index contributed by atoms with van der Waals surface area (Å²) in [6, 6.07) is 1.56. The van der Waals surface area contributed by atoms with E-state index in [1.165, 1.54) is 12.4 Å². The Morgan fingerprint density at radius 3 is 2.61 bits per heavy atom. The van der Waals surface area contributed by atoms with Crippen LogP contribution in [0.3, 0.4) is 0 Å². The van der Waals surface area contributed by atoms with Crippen LogP contribution in [0.1, 0.15) is 20.8 Å². The lowest BCUT2D eigenvalue weighted by Crippen LogP contribution is -2.33. The average Bonchev–Trinajstić information content (AvgIpc) is 2.82. The van der Waals surface area contributed by atoms with Crippen molar-refractivity contribution in [3.05, 3.63) is 18.5 Å². The molecule has 0 saturated heterocycles. The molecule has 0 saturated carbocycles. The van der Waals surface area contributed by atoms with E-state index in [-0.39, 0.29) is 12.5 Å². The Morgan fingerprint density at radius 1 is 1.39 bits per heavy atom. The smallest absolute Gasteiger partial charge is 0.464 e. The van der Waals surface area contributed by atoms with Gasteiger partial charge in [0.1, 0.15) is 0 Å². The maximum atomic E-state index is 11.5. The van der Waals surface area contributed by atoms with Gasteiger partial charge in [-0.2, -0.15) is 14.7 Å². The van der Waals surface area contributed by atoms with Crippen molar-refractivity contribution in [1.82, 2.24) is 9.78 Å². The monoisotopic (exact) mass is 256 g/mol. The number of nitrogens with zero attached hydrogens (tertiary/aromatic N) is 2. The van der Waals surface area contributed by atoms with Crippen LogP contribution in [-0.2, 0) is 19.3 Å². The van der Waals surface area contributed by atoms with E-state index in [1.54, 1.807) is 26.8 Å². The van der Waals surface area contributed by atoms with E-state index in [0.29, 0.717) is 0 Å². The van der Waals surface area contributed by atoms with E-state index in [2.05, 4.69) is 9.99 Å². The molecule has 18 heavy (non-hydrogen) atoms. The lowest BCUT2D eigenvalue weighted by Gasteiger charge is -2.17. The Morgan fingerprint density at radius 2 is 2.11 bits per heavy atom. The first-order valence-corrected chi connectivity index (χ1v) is 5.60. The molecule has 100 valence electrons. The van der Waals surface area contributed by atoms with Crippen LogP contribution in [0, 0.1) is 5.92 Å². The molecular formula is C11H16N2O5. The van der Waals surface area contributed by atoms with E-state index in [0.717, 1.165) is 4.68 Å². The van der Waals surface area contributed by atoms with E-state index < -0.39 is 18.2 Å². The van der Waals surface area contributed by atoms with Gasteiger partial charge in [0.05, 0.1) is 6.61 Å². The first-order chi connectivity index (χ1) is 8.56. The minimum Gasteiger partial charge on any atom is -0.464 e. The Hall–Kier alpha value is -1.89. The Balaban J connectivity index is 2.52. The van der Waals surface area contributed by atoms with Crippen molar-refractivity contribution < 1.29 is 24.1 Å². The van der Waals surface area contributed by atoms with E-state index in [1.807, 2.05) is 0 Å².